The van der Waals surface area contributed by atoms with Crippen LogP contribution in [0.15, 0.2) is 188 Å². The van der Waals surface area contributed by atoms with Crippen LogP contribution in [0.2, 0.25) is 0 Å². The molecule has 3 aromatic heterocycles. The monoisotopic (exact) mass is 689 g/mol. The predicted molar refractivity (Wildman–Crippen MR) is 222 cm³/mol. The maximum absolute atomic E-state index is 5.20. The third kappa shape index (κ3) is 4.76. The lowest BCUT2D eigenvalue weighted by Gasteiger charge is -2.12. The van der Waals surface area contributed by atoms with E-state index in [1.54, 1.807) is 0 Å². The summed E-state index contributed by atoms with van der Waals surface area (Å²) in [4.78, 5) is 15.4. The van der Waals surface area contributed by atoms with Gasteiger partial charge in [0.2, 0.25) is 5.95 Å². The molecule has 0 saturated heterocycles. The maximum atomic E-state index is 5.20. The van der Waals surface area contributed by atoms with Crippen LogP contribution >= 0.6 is 0 Å². The molecule has 0 radical (unpaired) electrons. The van der Waals surface area contributed by atoms with Crippen LogP contribution in [0.5, 0.6) is 0 Å². The molecule has 3 heterocycles. The van der Waals surface area contributed by atoms with Gasteiger partial charge in [0.05, 0.1) is 22.1 Å². The Hall–Kier alpha value is -7.37. The van der Waals surface area contributed by atoms with Crippen molar-refractivity contribution in [1.82, 2.24) is 24.1 Å². The van der Waals surface area contributed by atoms with Gasteiger partial charge in [-0.1, -0.05) is 152 Å². The molecule has 0 aliphatic heterocycles. The van der Waals surface area contributed by atoms with Gasteiger partial charge in [-0.2, -0.15) is 9.97 Å². The number of rotatable bonds is 5. The van der Waals surface area contributed by atoms with Gasteiger partial charge in [0.1, 0.15) is 0 Å². The summed E-state index contributed by atoms with van der Waals surface area (Å²) in [5.74, 6) is 1.84. The molecule has 54 heavy (non-hydrogen) atoms. The second kappa shape index (κ2) is 12.1. The maximum Gasteiger partial charge on any atom is 0.238 e. The highest BCUT2D eigenvalue weighted by Crippen LogP contribution is 2.40. The molecule has 0 N–H and O–H groups in total. The van der Waals surface area contributed by atoms with Crippen molar-refractivity contribution in [1.29, 1.82) is 0 Å². The summed E-state index contributed by atoms with van der Waals surface area (Å²) < 4.78 is 4.59. The van der Waals surface area contributed by atoms with Gasteiger partial charge in [0.25, 0.3) is 0 Å². The second-order valence-electron chi connectivity index (χ2n) is 13.7. The zero-order chi connectivity index (χ0) is 35.6. The fraction of sp³-hybridized carbons (Fsp3) is 0. The highest BCUT2D eigenvalue weighted by molar-refractivity contribution is 6.21. The van der Waals surface area contributed by atoms with E-state index in [0.29, 0.717) is 17.6 Å². The fourth-order valence-corrected chi connectivity index (χ4v) is 8.09. The van der Waals surface area contributed by atoms with Crippen LogP contribution in [-0.2, 0) is 0 Å². The highest BCUT2D eigenvalue weighted by atomic mass is 15.2. The predicted octanol–water partition coefficient (Wildman–Crippen LogP) is 12.2. The molecule has 8 aromatic carbocycles. The first-order valence-corrected chi connectivity index (χ1v) is 18.2. The standard InChI is InChI=1S/C49H31N5/c1-4-15-33(16-5-1)47-50-48(34-17-6-2-7-18-34)52-49(51-47)54-43-29-26-32-14-10-11-21-38(32)46(43)41-28-25-36(31-45(41)54)35-24-27-40-39-22-12-13-23-42(39)53(44(40)30-35)37-19-8-3-9-20-37/h1-31H. The Labute approximate surface area is 311 Å². The van der Waals surface area contributed by atoms with Gasteiger partial charge in [0.15, 0.2) is 11.6 Å². The van der Waals surface area contributed by atoms with Gasteiger partial charge in [-0.05, 0) is 58.3 Å². The summed E-state index contributed by atoms with van der Waals surface area (Å²) >= 11 is 0. The summed E-state index contributed by atoms with van der Waals surface area (Å²) in [7, 11) is 0. The minimum atomic E-state index is 0.579. The number of fused-ring (bicyclic) bond motifs is 8. The molecular weight excluding hydrogens is 659 g/mol. The van der Waals surface area contributed by atoms with E-state index in [2.05, 4.69) is 161 Å². The Kier molecular flexibility index (Phi) is 6.79. The number of para-hydroxylation sites is 2. The van der Waals surface area contributed by atoms with Gasteiger partial charge >= 0.3 is 0 Å². The molecule has 252 valence electrons. The molecule has 0 saturated carbocycles. The molecule has 0 spiro atoms. The van der Waals surface area contributed by atoms with E-state index in [4.69, 9.17) is 15.0 Å². The lowest BCUT2D eigenvalue weighted by molar-refractivity contribution is 0.954. The topological polar surface area (TPSA) is 48.5 Å². The van der Waals surface area contributed by atoms with Gasteiger partial charge in [0, 0.05) is 38.4 Å². The van der Waals surface area contributed by atoms with Crippen molar-refractivity contribution in [3.8, 4) is 45.5 Å². The molecule has 0 aliphatic rings. The van der Waals surface area contributed by atoms with E-state index in [9.17, 15) is 0 Å². The van der Waals surface area contributed by atoms with Crippen molar-refractivity contribution in [3.63, 3.8) is 0 Å². The van der Waals surface area contributed by atoms with Gasteiger partial charge < -0.3 is 4.57 Å². The number of hydrogen-bond donors (Lipinski definition) is 0. The Balaban J connectivity index is 1.20. The van der Waals surface area contributed by atoms with Crippen LogP contribution in [0.3, 0.4) is 0 Å². The number of benzene rings is 8. The molecule has 0 atom stereocenters. The molecule has 0 unspecified atom stereocenters. The Morgan fingerprint density at radius 3 is 1.54 bits per heavy atom. The average molecular weight is 690 g/mol. The molecule has 11 rings (SSSR count). The largest absolute Gasteiger partial charge is 0.309 e. The van der Waals surface area contributed by atoms with E-state index < -0.39 is 0 Å². The third-order valence-electron chi connectivity index (χ3n) is 10.6. The summed E-state index contributed by atoms with van der Waals surface area (Å²) in [6, 6.07) is 66.3. The molecule has 0 amide bonds. The summed E-state index contributed by atoms with van der Waals surface area (Å²) in [5, 5.41) is 7.18. The molecular formula is C49H31N5. The second-order valence-corrected chi connectivity index (χ2v) is 13.7. The number of aromatic nitrogens is 5. The van der Waals surface area contributed by atoms with Crippen molar-refractivity contribution in [2.45, 2.75) is 0 Å². The molecule has 5 nitrogen and oxygen atoms in total. The van der Waals surface area contributed by atoms with Crippen LogP contribution in [0.1, 0.15) is 0 Å². The smallest absolute Gasteiger partial charge is 0.238 e. The van der Waals surface area contributed by atoms with Gasteiger partial charge in [-0.3, -0.25) is 4.57 Å². The molecule has 0 bridgehead atoms. The van der Waals surface area contributed by atoms with E-state index >= 15 is 0 Å². The van der Waals surface area contributed by atoms with Crippen LogP contribution < -0.4 is 0 Å². The van der Waals surface area contributed by atoms with Crippen LogP contribution in [-0.4, -0.2) is 24.1 Å². The normalized spacial score (nSPS) is 11.7. The Bertz CT molecular complexity index is 3140. The first-order valence-electron chi connectivity index (χ1n) is 18.2. The quantitative estimate of drug-likeness (QED) is 0.181. The average Bonchev–Trinajstić information content (AvgIpc) is 3.77. The number of hydrogen-bond acceptors (Lipinski definition) is 3. The minimum Gasteiger partial charge on any atom is -0.309 e. The molecule has 0 fully saturated rings. The Morgan fingerprint density at radius 2 is 0.852 bits per heavy atom. The minimum absolute atomic E-state index is 0.579. The van der Waals surface area contributed by atoms with Crippen molar-refractivity contribution < 1.29 is 0 Å². The van der Waals surface area contributed by atoms with Crippen LogP contribution in [0, 0.1) is 0 Å². The van der Waals surface area contributed by atoms with E-state index in [0.717, 1.165) is 44.4 Å². The van der Waals surface area contributed by atoms with Crippen LogP contribution in [0.4, 0.5) is 0 Å². The summed E-state index contributed by atoms with van der Waals surface area (Å²) in [6.07, 6.45) is 0. The Morgan fingerprint density at radius 1 is 0.315 bits per heavy atom. The third-order valence-corrected chi connectivity index (χ3v) is 10.6. The van der Waals surface area contributed by atoms with Gasteiger partial charge in [-0.15, -0.1) is 0 Å². The SMILES string of the molecule is c1ccc(-c2nc(-c3ccccc3)nc(-n3c4cc(-c5ccc6c7ccccc7n(-c7ccccc7)c6c5)ccc4c4c5ccccc5ccc43)n2)cc1. The van der Waals surface area contributed by atoms with E-state index in [1.165, 1.54) is 38.0 Å². The van der Waals surface area contributed by atoms with Crippen molar-refractivity contribution >= 4 is 54.4 Å². The lowest BCUT2D eigenvalue weighted by atomic mass is 10.00. The molecule has 11 aromatic rings. The first kappa shape index (κ1) is 30.3. The lowest BCUT2D eigenvalue weighted by Crippen LogP contribution is -2.06. The fourth-order valence-electron chi connectivity index (χ4n) is 8.09. The summed E-state index contributed by atoms with van der Waals surface area (Å²) in [6.45, 7) is 0. The molecule has 5 heteroatoms. The molecule has 0 aliphatic carbocycles. The summed E-state index contributed by atoms with van der Waals surface area (Å²) in [5.41, 5.74) is 9.71. The zero-order valence-electron chi connectivity index (χ0n) is 29.1. The number of nitrogens with zero attached hydrogens (tertiary/aromatic N) is 5. The van der Waals surface area contributed by atoms with Crippen LogP contribution in [0.25, 0.3) is 99.9 Å². The van der Waals surface area contributed by atoms with Crippen molar-refractivity contribution in [3.05, 3.63) is 188 Å². The van der Waals surface area contributed by atoms with Crippen molar-refractivity contribution in [2.24, 2.45) is 0 Å². The van der Waals surface area contributed by atoms with E-state index in [-0.39, 0.29) is 0 Å². The van der Waals surface area contributed by atoms with E-state index in [1.807, 2.05) is 36.4 Å². The zero-order valence-corrected chi connectivity index (χ0v) is 29.1. The highest BCUT2D eigenvalue weighted by Gasteiger charge is 2.20. The first-order chi connectivity index (χ1) is 26.8. The van der Waals surface area contributed by atoms with Crippen molar-refractivity contribution in [2.75, 3.05) is 0 Å². The van der Waals surface area contributed by atoms with Gasteiger partial charge in [-0.25, -0.2) is 4.98 Å².